The van der Waals surface area contributed by atoms with Gasteiger partial charge in [-0.05, 0) is 153 Å². The number of fused-ring (bicyclic) bond motifs is 5. The van der Waals surface area contributed by atoms with E-state index in [9.17, 15) is 24.6 Å². The summed E-state index contributed by atoms with van der Waals surface area (Å²) in [5.41, 5.74) is 0.812. The number of nitrogens with zero attached hydrogens (tertiary/aromatic N) is 1. The van der Waals surface area contributed by atoms with E-state index in [2.05, 4.69) is 49.7 Å². The maximum Gasteiger partial charge on any atom is 0.410 e. The number of nitrogens with one attached hydrogen (secondary N) is 3. The SMILES string of the molecule is CC(C)CCCCC1CCC2C3CC=C4CC(OC(=O)N(CCCCNCC(O)CNC(=O)OC(C)(C)C)CC(O)CNC(=O)OC(C)(C)C)CCC4(C)C3CCC12C. The average molecular weight is 833 g/mol. The fraction of sp³-hybridized carbons (Fsp3) is 0.894. The van der Waals surface area contributed by atoms with Crippen LogP contribution in [0.25, 0.3) is 0 Å². The van der Waals surface area contributed by atoms with Crippen molar-refractivity contribution >= 4 is 18.3 Å². The maximum absolute atomic E-state index is 13.8. The number of carbonyl (C=O) groups excluding carboxylic acids is 3. The number of alkyl carbamates (subject to hydrolysis) is 2. The lowest BCUT2D eigenvalue weighted by Crippen LogP contribution is -2.51. The van der Waals surface area contributed by atoms with Gasteiger partial charge in [0, 0.05) is 32.6 Å². The van der Waals surface area contributed by atoms with Crippen LogP contribution in [-0.2, 0) is 14.2 Å². The molecule has 5 N–H and O–H groups in total. The Hall–Kier alpha value is -2.57. The molecule has 0 bridgehead atoms. The van der Waals surface area contributed by atoms with Gasteiger partial charge in [-0.25, -0.2) is 14.4 Å². The molecule has 0 aromatic carbocycles. The van der Waals surface area contributed by atoms with E-state index in [-0.39, 0.29) is 37.7 Å². The van der Waals surface area contributed by atoms with Crippen molar-refractivity contribution in [2.24, 2.45) is 40.4 Å². The van der Waals surface area contributed by atoms with Crippen LogP contribution in [-0.4, -0.2) is 102 Å². The summed E-state index contributed by atoms with van der Waals surface area (Å²) < 4.78 is 16.8. The molecule has 3 amide bonds. The molecule has 0 aromatic heterocycles. The van der Waals surface area contributed by atoms with Gasteiger partial charge in [0.2, 0.25) is 0 Å². The van der Waals surface area contributed by atoms with Crippen LogP contribution in [0.3, 0.4) is 0 Å². The Balaban J connectivity index is 1.30. The molecule has 0 aromatic rings. The number of amides is 3. The number of aliphatic hydroxyl groups excluding tert-OH is 2. The second-order valence-electron chi connectivity index (χ2n) is 21.4. The molecule has 0 spiro atoms. The first-order valence-electron chi connectivity index (χ1n) is 23.2. The van der Waals surface area contributed by atoms with Gasteiger partial charge < -0.3 is 45.3 Å². The van der Waals surface area contributed by atoms with E-state index >= 15 is 0 Å². The largest absolute Gasteiger partial charge is 0.446 e. The lowest BCUT2D eigenvalue weighted by molar-refractivity contribution is -0.0538. The molecule has 59 heavy (non-hydrogen) atoms. The lowest BCUT2D eigenvalue weighted by atomic mass is 9.47. The van der Waals surface area contributed by atoms with E-state index in [1.165, 1.54) is 56.9 Å². The van der Waals surface area contributed by atoms with E-state index in [4.69, 9.17) is 14.2 Å². The summed E-state index contributed by atoms with van der Waals surface area (Å²) in [5, 5.41) is 29.6. The summed E-state index contributed by atoms with van der Waals surface area (Å²) >= 11 is 0. The van der Waals surface area contributed by atoms with Gasteiger partial charge in [0.1, 0.15) is 17.3 Å². The fourth-order valence-electron chi connectivity index (χ4n) is 11.0. The van der Waals surface area contributed by atoms with Crippen LogP contribution >= 0.6 is 0 Å². The van der Waals surface area contributed by atoms with E-state index in [1.807, 2.05) is 0 Å². The standard InChI is InChI=1S/C47H84N4O8/c1-32(2)15-11-12-16-33-18-20-39-38-19-17-34-27-37(21-23-47(34,10)40(38)22-24-46(33,39)9)57-43(56)51(31-36(53)30-50-42(55)59-45(6,7)8)26-14-13-25-48-28-35(52)29-49-41(54)58-44(3,4)5/h17,32-33,35-40,48,52-53H,11-16,18-31H2,1-10H3,(H,49,54)(H,50,55). The van der Waals surface area contributed by atoms with Gasteiger partial charge in [-0.3, -0.25) is 0 Å². The van der Waals surface area contributed by atoms with Crippen LogP contribution in [0.15, 0.2) is 11.6 Å². The van der Waals surface area contributed by atoms with Crippen molar-refractivity contribution in [3.63, 3.8) is 0 Å². The zero-order valence-electron chi connectivity index (χ0n) is 38.6. The van der Waals surface area contributed by atoms with Crippen molar-refractivity contribution in [2.45, 2.75) is 189 Å². The molecule has 12 nitrogen and oxygen atoms in total. The topological polar surface area (TPSA) is 159 Å². The van der Waals surface area contributed by atoms with E-state index < -0.39 is 41.7 Å². The van der Waals surface area contributed by atoms with Crippen molar-refractivity contribution in [1.82, 2.24) is 20.9 Å². The highest BCUT2D eigenvalue weighted by atomic mass is 16.6. The van der Waals surface area contributed by atoms with Crippen molar-refractivity contribution in [1.29, 1.82) is 0 Å². The van der Waals surface area contributed by atoms with Crippen molar-refractivity contribution in [2.75, 3.05) is 39.3 Å². The molecule has 0 aliphatic heterocycles. The molecule has 340 valence electrons. The van der Waals surface area contributed by atoms with E-state index in [0.29, 0.717) is 37.3 Å². The third-order valence-corrected chi connectivity index (χ3v) is 14.0. The molecule has 3 fully saturated rings. The Morgan fingerprint density at radius 2 is 1.49 bits per heavy atom. The number of allylic oxidation sites excluding steroid dienone is 1. The summed E-state index contributed by atoms with van der Waals surface area (Å²) in [6, 6.07) is 0. The van der Waals surface area contributed by atoms with Crippen LogP contribution < -0.4 is 16.0 Å². The molecule has 9 atom stereocenters. The predicted octanol–water partition coefficient (Wildman–Crippen LogP) is 8.73. The lowest BCUT2D eigenvalue weighted by Gasteiger charge is -2.58. The molecule has 0 saturated heterocycles. The highest BCUT2D eigenvalue weighted by Crippen LogP contribution is 2.67. The number of hydrogen-bond acceptors (Lipinski definition) is 9. The summed E-state index contributed by atoms with van der Waals surface area (Å²) in [5.74, 6) is 3.92. The minimum Gasteiger partial charge on any atom is -0.446 e. The summed E-state index contributed by atoms with van der Waals surface area (Å²) in [6.45, 7) is 21.7. The molecule has 4 aliphatic carbocycles. The first-order valence-corrected chi connectivity index (χ1v) is 23.2. The van der Waals surface area contributed by atoms with Crippen LogP contribution in [0.5, 0.6) is 0 Å². The smallest absolute Gasteiger partial charge is 0.410 e. The zero-order valence-corrected chi connectivity index (χ0v) is 38.6. The van der Waals surface area contributed by atoms with Crippen LogP contribution in [0.2, 0.25) is 0 Å². The van der Waals surface area contributed by atoms with Crippen LogP contribution in [0, 0.1) is 40.4 Å². The number of ether oxygens (including phenoxy) is 3. The first kappa shape index (κ1) is 49.1. The zero-order chi connectivity index (χ0) is 43.6. The van der Waals surface area contributed by atoms with Crippen LogP contribution in [0.1, 0.15) is 159 Å². The number of hydrogen-bond donors (Lipinski definition) is 5. The summed E-state index contributed by atoms with van der Waals surface area (Å²) in [7, 11) is 0. The monoisotopic (exact) mass is 833 g/mol. The molecule has 3 saturated carbocycles. The van der Waals surface area contributed by atoms with Gasteiger partial charge in [0.25, 0.3) is 0 Å². The number of aliphatic hydroxyl groups is 2. The minimum atomic E-state index is -1.01. The molecule has 4 aliphatic rings. The number of carbonyl (C=O) groups is 3. The van der Waals surface area contributed by atoms with Crippen molar-refractivity contribution in [3.8, 4) is 0 Å². The average Bonchev–Trinajstić information content (AvgIpc) is 3.47. The molecule has 4 rings (SSSR count). The van der Waals surface area contributed by atoms with Crippen molar-refractivity contribution in [3.05, 3.63) is 11.6 Å². The summed E-state index contributed by atoms with van der Waals surface area (Å²) in [6.07, 6.45) is 14.9. The molecule has 0 heterocycles. The van der Waals surface area contributed by atoms with E-state index in [1.54, 1.807) is 46.4 Å². The summed E-state index contributed by atoms with van der Waals surface area (Å²) in [4.78, 5) is 39.6. The molecular formula is C47H84N4O8. The first-order chi connectivity index (χ1) is 27.6. The normalized spacial score (nSPS) is 29.0. The Labute approximate surface area is 357 Å². The highest BCUT2D eigenvalue weighted by Gasteiger charge is 2.58. The van der Waals surface area contributed by atoms with Gasteiger partial charge in [-0.2, -0.15) is 0 Å². The van der Waals surface area contributed by atoms with Gasteiger partial charge in [-0.15, -0.1) is 0 Å². The third-order valence-electron chi connectivity index (χ3n) is 14.0. The second kappa shape index (κ2) is 21.5. The minimum absolute atomic E-state index is 0.00682. The van der Waals surface area contributed by atoms with Gasteiger partial charge >= 0.3 is 18.3 Å². The Bertz CT molecular complexity index is 1390. The third kappa shape index (κ3) is 14.8. The van der Waals surface area contributed by atoms with E-state index in [0.717, 1.165) is 49.4 Å². The quantitative estimate of drug-likeness (QED) is 0.0488. The molecule has 9 unspecified atom stereocenters. The molecule has 12 heteroatoms. The van der Waals surface area contributed by atoms with Crippen molar-refractivity contribution < 1.29 is 38.8 Å². The van der Waals surface area contributed by atoms with Crippen LogP contribution in [0.4, 0.5) is 14.4 Å². The highest BCUT2D eigenvalue weighted by molar-refractivity contribution is 5.69. The number of rotatable bonds is 19. The fourth-order valence-corrected chi connectivity index (χ4v) is 11.0. The Kier molecular flexibility index (Phi) is 17.9. The second-order valence-corrected chi connectivity index (χ2v) is 21.4. The Morgan fingerprint density at radius 3 is 2.14 bits per heavy atom. The Morgan fingerprint density at radius 1 is 0.831 bits per heavy atom. The molecular weight excluding hydrogens is 749 g/mol. The van der Waals surface area contributed by atoms with Gasteiger partial charge in [0.05, 0.1) is 18.8 Å². The van der Waals surface area contributed by atoms with Gasteiger partial charge in [-0.1, -0.05) is 58.6 Å². The maximum atomic E-state index is 13.8. The predicted molar refractivity (Wildman–Crippen MR) is 233 cm³/mol. The number of unbranched alkanes of at least 4 members (excludes halogenated alkanes) is 2. The van der Waals surface area contributed by atoms with Gasteiger partial charge in [0.15, 0.2) is 0 Å². The molecule has 0 radical (unpaired) electrons.